The molecular formula is C18H21BrN2. The molecule has 0 aromatic heterocycles. The summed E-state index contributed by atoms with van der Waals surface area (Å²) in [5.41, 5.74) is 3.93. The van der Waals surface area contributed by atoms with Gasteiger partial charge >= 0.3 is 0 Å². The Hall–Kier alpha value is -1.32. The fourth-order valence-electron chi connectivity index (χ4n) is 2.99. The Labute approximate surface area is 135 Å². The Bertz CT molecular complexity index is 612. The lowest BCUT2D eigenvalue weighted by molar-refractivity contribution is 0.416. The first kappa shape index (κ1) is 14.6. The Morgan fingerprint density at radius 2 is 1.90 bits per heavy atom. The molecular weight excluding hydrogens is 324 g/mol. The van der Waals surface area contributed by atoms with Gasteiger partial charge in [0.25, 0.3) is 0 Å². The molecule has 2 atom stereocenters. The van der Waals surface area contributed by atoms with Crippen LogP contribution in [-0.2, 0) is 0 Å². The predicted molar refractivity (Wildman–Crippen MR) is 92.9 cm³/mol. The maximum Gasteiger partial charge on any atom is 0.0668 e. The number of hydrogen-bond donors (Lipinski definition) is 1. The lowest BCUT2D eigenvalue weighted by atomic mass is 10.0. The highest BCUT2D eigenvalue weighted by atomic mass is 79.9. The van der Waals surface area contributed by atoms with Gasteiger partial charge in [-0.25, -0.2) is 0 Å². The lowest BCUT2D eigenvalue weighted by Crippen LogP contribution is -2.51. The normalized spacial score (nSPS) is 22.3. The van der Waals surface area contributed by atoms with Crippen LogP contribution in [0.5, 0.6) is 0 Å². The summed E-state index contributed by atoms with van der Waals surface area (Å²) >= 11 is 3.74. The minimum absolute atomic E-state index is 0.376. The third-order valence-electron chi connectivity index (χ3n) is 4.10. The summed E-state index contributed by atoms with van der Waals surface area (Å²) in [6.07, 6.45) is 0. The van der Waals surface area contributed by atoms with Gasteiger partial charge in [-0.1, -0.05) is 36.4 Å². The molecule has 0 bridgehead atoms. The van der Waals surface area contributed by atoms with E-state index in [0.29, 0.717) is 12.1 Å². The number of benzene rings is 2. The minimum Gasteiger partial charge on any atom is -0.361 e. The van der Waals surface area contributed by atoms with E-state index in [1.165, 1.54) is 21.3 Å². The van der Waals surface area contributed by atoms with E-state index in [-0.39, 0.29) is 0 Å². The zero-order chi connectivity index (χ0) is 14.8. The maximum absolute atomic E-state index is 3.74. The molecule has 110 valence electrons. The number of hydrogen-bond acceptors (Lipinski definition) is 2. The van der Waals surface area contributed by atoms with Crippen molar-refractivity contribution in [3.63, 3.8) is 0 Å². The standard InChI is InChI=1S/C18H21BrN2/c1-13-8-9-17(16(19)10-13)21-12-14(2)20-11-18(21)15-6-4-3-5-7-15/h3-10,14,18,20H,11-12H2,1-2H3. The first-order chi connectivity index (χ1) is 10.1. The van der Waals surface area contributed by atoms with Crippen LogP contribution < -0.4 is 10.2 Å². The lowest BCUT2D eigenvalue weighted by Gasteiger charge is -2.41. The average molecular weight is 345 g/mol. The number of rotatable bonds is 2. The summed E-state index contributed by atoms with van der Waals surface area (Å²) in [6, 6.07) is 18.3. The van der Waals surface area contributed by atoms with Crippen LogP contribution in [0.2, 0.25) is 0 Å². The van der Waals surface area contributed by atoms with Crippen LogP contribution >= 0.6 is 15.9 Å². The topological polar surface area (TPSA) is 15.3 Å². The number of anilines is 1. The average Bonchev–Trinajstić information content (AvgIpc) is 2.48. The Kier molecular flexibility index (Phi) is 4.32. The summed E-state index contributed by atoms with van der Waals surface area (Å²) in [7, 11) is 0. The molecule has 1 N–H and O–H groups in total. The van der Waals surface area contributed by atoms with Crippen molar-refractivity contribution in [3.8, 4) is 0 Å². The predicted octanol–water partition coefficient (Wildman–Crippen LogP) is 4.30. The summed E-state index contributed by atoms with van der Waals surface area (Å²) in [4.78, 5) is 2.51. The monoisotopic (exact) mass is 344 g/mol. The van der Waals surface area contributed by atoms with Crippen LogP contribution in [0.4, 0.5) is 5.69 Å². The van der Waals surface area contributed by atoms with Crippen molar-refractivity contribution in [1.29, 1.82) is 0 Å². The third-order valence-corrected chi connectivity index (χ3v) is 4.74. The number of nitrogens with zero attached hydrogens (tertiary/aromatic N) is 1. The van der Waals surface area contributed by atoms with Crippen LogP contribution in [0.1, 0.15) is 24.1 Å². The van der Waals surface area contributed by atoms with Gasteiger partial charge in [-0.05, 0) is 53.0 Å². The molecule has 0 saturated carbocycles. The van der Waals surface area contributed by atoms with Crippen LogP contribution in [0.25, 0.3) is 0 Å². The zero-order valence-corrected chi connectivity index (χ0v) is 14.1. The van der Waals surface area contributed by atoms with E-state index < -0.39 is 0 Å². The van der Waals surface area contributed by atoms with Crippen molar-refractivity contribution in [2.75, 3.05) is 18.0 Å². The third kappa shape index (κ3) is 3.14. The molecule has 0 aliphatic carbocycles. The van der Waals surface area contributed by atoms with Crippen molar-refractivity contribution in [3.05, 3.63) is 64.1 Å². The molecule has 1 saturated heterocycles. The van der Waals surface area contributed by atoms with E-state index in [1.54, 1.807) is 0 Å². The maximum atomic E-state index is 3.74. The number of piperazine rings is 1. The zero-order valence-electron chi connectivity index (χ0n) is 12.5. The molecule has 2 nitrogen and oxygen atoms in total. The van der Waals surface area contributed by atoms with E-state index in [9.17, 15) is 0 Å². The second-order valence-corrected chi connectivity index (χ2v) is 6.70. The fourth-order valence-corrected chi connectivity index (χ4v) is 3.71. The quantitative estimate of drug-likeness (QED) is 0.873. The molecule has 1 aliphatic heterocycles. The molecule has 1 aliphatic rings. The highest BCUT2D eigenvalue weighted by Crippen LogP contribution is 2.35. The molecule has 0 spiro atoms. The van der Waals surface area contributed by atoms with Crippen molar-refractivity contribution < 1.29 is 0 Å². The Morgan fingerprint density at radius 1 is 1.14 bits per heavy atom. The van der Waals surface area contributed by atoms with E-state index in [4.69, 9.17) is 0 Å². The second kappa shape index (κ2) is 6.20. The van der Waals surface area contributed by atoms with Gasteiger partial charge in [-0.3, -0.25) is 0 Å². The smallest absolute Gasteiger partial charge is 0.0668 e. The van der Waals surface area contributed by atoms with E-state index >= 15 is 0 Å². The van der Waals surface area contributed by atoms with Crippen molar-refractivity contribution in [2.45, 2.75) is 25.9 Å². The fraction of sp³-hybridized carbons (Fsp3) is 0.333. The van der Waals surface area contributed by atoms with Gasteiger partial charge in [0.15, 0.2) is 0 Å². The van der Waals surface area contributed by atoms with Gasteiger partial charge in [0.2, 0.25) is 0 Å². The molecule has 21 heavy (non-hydrogen) atoms. The number of nitrogens with one attached hydrogen (secondary N) is 1. The van der Waals surface area contributed by atoms with E-state index in [1.807, 2.05) is 0 Å². The molecule has 2 aromatic rings. The Balaban J connectivity index is 1.98. The minimum atomic E-state index is 0.376. The van der Waals surface area contributed by atoms with Crippen LogP contribution in [-0.4, -0.2) is 19.1 Å². The van der Waals surface area contributed by atoms with Crippen molar-refractivity contribution in [2.24, 2.45) is 0 Å². The van der Waals surface area contributed by atoms with Crippen LogP contribution in [0, 0.1) is 6.92 Å². The van der Waals surface area contributed by atoms with Crippen molar-refractivity contribution >= 4 is 21.6 Å². The first-order valence-corrected chi connectivity index (χ1v) is 8.25. The summed E-state index contributed by atoms with van der Waals surface area (Å²) in [5.74, 6) is 0. The van der Waals surface area contributed by atoms with Crippen molar-refractivity contribution in [1.82, 2.24) is 5.32 Å². The summed E-state index contributed by atoms with van der Waals surface area (Å²) in [5, 5.41) is 3.60. The van der Waals surface area contributed by atoms with Crippen LogP contribution in [0.3, 0.4) is 0 Å². The van der Waals surface area contributed by atoms with Gasteiger partial charge in [-0.15, -0.1) is 0 Å². The molecule has 0 radical (unpaired) electrons. The molecule has 2 aromatic carbocycles. The van der Waals surface area contributed by atoms with Gasteiger partial charge in [0.1, 0.15) is 0 Å². The van der Waals surface area contributed by atoms with Gasteiger partial charge in [0, 0.05) is 23.6 Å². The SMILES string of the molecule is Cc1ccc(N2CC(C)NCC2c2ccccc2)c(Br)c1. The largest absolute Gasteiger partial charge is 0.361 e. The highest BCUT2D eigenvalue weighted by Gasteiger charge is 2.28. The Morgan fingerprint density at radius 3 is 2.62 bits per heavy atom. The molecule has 3 rings (SSSR count). The molecule has 1 heterocycles. The summed E-state index contributed by atoms with van der Waals surface area (Å²) in [6.45, 7) is 6.37. The molecule has 2 unspecified atom stereocenters. The number of aryl methyl sites for hydroxylation is 1. The summed E-state index contributed by atoms with van der Waals surface area (Å²) < 4.78 is 1.18. The molecule has 3 heteroatoms. The van der Waals surface area contributed by atoms with Gasteiger partial charge < -0.3 is 10.2 Å². The van der Waals surface area contributed by atoms with Gasteiger partial charge in [-0.2, -0.15) is 0 Å². The van der Waals surface area contributed by atoms with E-state index in [2.05, 4.69) is 88.5 Å². The first-order valence-electron chi connectivity index (χ1n) is 7.46. The van der Waals surface area contributed by atoms with Gasteiger partial charge in [0.05, 0.1) is 11.7 Å². The molecule has 1 fully saturated rings. The highest BCUT2D eigenvalue weighted by molar-refractivity contribution is 9.10. The van der Waals surface area contributed by atoms with Crippen LogP contribution in [0.15, 0.2) is 53.0 Å². The second-order valence-electron chi connectivity index (χ2n) is 5.84. The van der Waals surface area contributed by atoms with E-state index in [0.717, 1.165) is 13.1 Å². The number of halogens is 1. The molecule has 0 amide bonds.